The maximum Gasteiger partial charge on any atom is 0.264 e. The van der Waals surface area contributed by atoms with Gasteiger partial charge < -0.3 is 10.0 Å². The molecule has 0 fully saturated rings. The monoisotopic (exact) mass is 319 g/mol. The number of amides is 1. The molecule has 2 rings (SSSR count). The molecule has 3 nitrogen and oxygen atoms in total. The van der Waals surface area contributed by atoms with Gasteiger partial charge in [-0.3, -0.25) is 4.79 Å². The highest BCUT2D eigenvalue weighted by Crippen LogP contribution is 2.22. The number of halogens is 1. The summed E-state index contributed by atoms with van der Waals surface area (Å²) in [6.45, 7) is 0.366. The molecule has 21 heavy (non-hydrogen) atoms. The van der Waals surface area contributed by atoms with Gasteiger partial charge >= 0.3 is 0 Å². The van der Waals surface area contributed by atoms with Crippen molar-refractivity contribution in [2.24, 2.45) is 0 Å². The first-order valence-electron chi connectivity index (χ1n) is 6.29. The highest BCUT2D eigenvalue weighted by Gasteiger charge is 2.14. The van der Waals surface area contributed by atoms with E-state index in [1.165, 1.54) is 11.3 Å². The Morgan fingerprint density at radius 3 is 2.57 bits per heavy atom. The first-order valence-corrected chi connectivity index (χ1v) is 7.49. The van der Waals surface area contributed by atoms with Crippen LogP contribution >= 0.6 is 22.9 Å². The van der Waals surface area contributed by atoms with Gasteiger partial charge in [-0.2, -0.15) is 0 Å². The van der Waals surface area contributed by atoms with Gasteiger partial charge in [-0.15, -0.1) is 11.3 Å². The molecule has 0 radical (unpaired) electrons. The van der Waals surface area contributed by atoms with E-state index in [1.54, 1.807) is 24.1 Å². The van der Waals surface area contributed by atoms with Crippen LogP contribution in [0.25, 0.3) is 0 Å². The second-order valence-electron chi connectivity index (χ2n) is 4.42. The fourth-order valence-corrected chi connectivity index (χ4v) is 2.84. The lowest BCUT2D eigenvalue weighted by molar-refractivity contribution is 0.0790. The molecular formula is C16H14ClNO2S. The summed E-state index contributed by atoms with van der Waals surface area (Å²) in [6.07, 6.45) is 0. The van der Waals surface area contributed by atoms with Gasteiger partial charge in [0.1, 0.15) is 6.61 Å². The SMILES string of the molecule is CN(Cc1ccc(C#CCO)cc1)C(=O)c1ccc(Cl)s1. The number of aliphatic hydroxyl groups excluding tert-OH is 1. The second-order valence-corrected chi connectivity index (χ2v) is 6.14. The van der Waals surface area contributed by atoms with E-state index in [0.29, 0.717) is 15.8 Å². The van der Waals surface area contributed by atoms with Crippen molar-refractivity contribution in [2.75, 3.05) is 13.7 Å². The number of thiophene rings is 1. The minimum atomic E-state index is -0.150. The molecule has 2 aromatic rings. The highest BCUT2D eigenvalue weighted by molar-refractivity contribution is 7.17. The van der Waals surface area contributed by atoms with Crippen LogP contribution in [0.4, 0.5) is 0 Å². The summed E-state index contributed by atoms with van der Waals surface area (Å²) in [7, 11) is 1.76. The van der Waals surface area contributed by atoms with Gasteiger partial charge in [0.2, 0.25) is 0 Å². The minimum absolute atomic E-state index is 0.0453. The Morgan fingerprint density at radius 1 is 1.29 bits per heavy atom. The van der Waals surface area contributed by atoms with E-state index < -0.39 is 0 Å². The topological polar surface area (TPSA) is 40.5 Å². The van der Waals surface area contributed by atoms with E-state index in [0.717, 1.165) is 11.1 Å². The molecule has 1 aromatic carbocycles. The molecule has 0 aliphatic rings. The molecular weight excluding hydrogens is 306 g/mol. The van der Waals surface area contributed by atoms with Crippen molar-refractivity contribution < 1.29 is 9.90 Å². The van der Waals surface area contributed by atoms with E-state index in [4.69, 9.17) is 16.7 Å². The predicted octanol–water partition coefficient (Wildman–Crippen LogP) is 3.02. The van der Waals surface area contributed by atoms with Gasteiger partial charge in [0.15, 0.2) is 0 Å². The summed E-state index contributed by atoms with van der Waals surface area (Å²) in [5, 5.41) is 8.65. The zero-order valence-electron chi connectivity index (χ0n) is 11.5. The molecule has 5 heteroatoms. The van der Waals surface area contributed by atoms with Gasteiger partial charge in [-0.25, -0.2) is 0 Å². The van der Waals surface area contributed by atoms with E-state index in [1.807, 2.05) is 24.3 Å². The van der Waals surface area contributed by atoms with E-state index >= 15 is 0 Å². The van der Waals surface area contributed by atoms with E-state index in [-0.39, 0.29) is 12.5 Å². The van der Waals surface area contributed by atoms with Gasteiger partial charge in [0, 0.05) is 19.2 Å². The zero-order valence-corrected chi connectivity index (χ0v) is 13.0. The maximum absolute atomic E-state index is 12.2. The first-order chi connectivity index (χ1) is 10.1. The van der Waals surface area contributed by atoms with Crippen LogP contribution in [0.3, 0.4) is 0 Å². The lowest BCUT2D eigenvalue weighted by atomic mass is 10.1. The Labute approximate surface area is 132 Å². The molecule has 1 amide bonds. The molecule has 0 bridgehead atoms. The number of aliphatic hydroxyl groups is 1. The average molecular weight is 320 g/mol. The lowest BCUT2D eigenvalue weighted by Gasteiger charge is -2.16. The second kappa shape index (κ2) is 7.28. The van der Waals surface area contributed by atoms with Gasteiger partial charge in [-0.05, 0) is 29.8 Å². The lowest BCUT2D eigenvalue weighted by Crippen LogP contribution is -2.25. The predicted molar refractivity (Wildman–Crippen MR) is 85.5 cm³/mol. The quantitative estimate of drug-likeness (QED) is 0.883. The number of hydrogen-bond acceptors (Lipinski definition) is 3. The first kappa shape index (κ1) is 15.6. The van der Waals surface area contributed by atoms with Crippen molar-refractivity contribution in [1.82, 2.24) is 4.90 Å². The van der Waals surface area contributed by atoms with Gasteiger partial charge in [0.25, 0.3) is 5.91 Å². The minimum Gasteiger partial charge on any atom is -0.384 e. The Hall–Kier alpha value is -1.80. The summed E-state index contributed by atoms with van der Waals surface area (Å²) in [6, 6.07) is 11.1. The van der Waals surface area contributed by atoms with Crippen LogP contribution in [-0.4, -0.2) is 29.6 Å². The molecule has 0 aliphatic heterocycles. The Morgan fingerprint density at radius 2 is 2.00 bits per heavy atom. The van der Waals surface area contributed by atoms with Crippen molar-refractivity contribution in [1.29, 1.82) is 0 Å². The molecule has 0 saturated carbocycles. The highest BCUT2D eigenvalue weighted by atomic mass is 35.5. The Bertz CT molecular complexity index is 682. The van der Waals surface area contributed by atoms with Crippen LogP contribution < -0.4 is 0 Å². The molecule has 108 valence electrons. The number of rotatable bonds is 3. The van der Waals surface area contributed by atoms with E-state index in [9.17, 15) is 4.79 Å². The third-order valence-electron chi connectivity index (χ3n) is 2.82. The van der Waals surface area contributed by atoms with Crippen molar-refractivity contribution in [2.45, 2.75) is 6.54 Å². The largest absolute Gasteiger partial charge is 0.384 e. The number of carbonyl (C=O) groups excluding carboxylic acids is 1. The standard InChI is InChI=1S/C16H14ClNO2S/c1-18(16(20)14-8-9-15(17)21-14)11-13-6-4-12(5-7-13)3-2-10-19/h4-9,19H,10-11H2,1H3. The van der Waals surface area contributed by atoms with Crippen molar-refractivity contribution >= 4 is 28.8 Å². The van der Waals surface area contributed by atoms with Crippen molar-refractivity contribution in [3.05, 3.63) is 56.7 Å². The average Bonchev–Trinajstić information content (AvgIpc) is 2.92. The summed E-state index contributed by atoms with van der Waals surface area (Å²) in [4.78, 5) is 14.5. The third-order valence-corrected chi connectivity index (χ3v) is 4.04. The summed E-state index contributed by atoms with van der Waals surface area (Å²) in [5.41, 5.74) is 1.86. The molecule has 1 heterocycles. The number of carbonyl (C=O) groups is 1. The molecule has 0 spiro atoms. The number of nitrogens with zero attached hydrogens (tertiary/aromatic N) is 1. The maximum atomic E-state index is 12.2. The van der Waals surface area contributed by atoms with Crippen molar-refractivity contribution in [3.63, 3.8) is 0 Å². The summed E-state index contributed by atoms with van der Waals surface area (Å²) < 4.78 is 0.610. The molecule has 0 saturated heterocycles. The molecule has 1 aromatic heterocycles. The van der Waals surface area contributed by atoms with Crippen LogP contribution in [0.5, 0.6) is 0 Å². The Kier molecular flexibility index (Phi) is 5.40. The van der Waals surface area contributed by atoms with Crippen LogP contribution in [-0.2, 0) is 6.54 Å². The van der Waals surface area contributed by atoms with Crippen LogP contribution in [0.2, 0.25) is 4.34 Å². The van der Waals surface area contributed by atoms with Crippen LogP contribution in [0.15, 0.2) is 36.4 Å². The molecule has 1 N–H and O–H groups in total. The summed E-state index contributed by atoms with van der Waals surface area (Å²) in [5.74, 6) is 5.38. The number of benzene rings is 1. The molecule has 0 unspecified atom stereocenters. The smallest absolute Gasteiger partial charge is 0.264 e. The third kappa shape index (κ3) is 4.33. The molecule has 0 atom stereocenters. The van der Waals surface area contributed by atoms with E-state index in [2.05, 4.69) is 11.8 Å². The summed E-state index contributed by atoms with van der Waals surface area (Å²) >= 11 is 7.12. The van der Waals surface area contributed by atoms with Crippen LogP contribution in [0, 0.1) is 11.8 Å². The molecule has 0 aliphatic carbocycles. The van der Waals surface area contributed by atoms with Crippen molar-refractivity contribution in [3.8, 4) is 11.8 Å². The van der Waals surface area contributed by atoms with Gasteiger partial charge in [-0.1, -0.05) is 35.6 Å². The van der Waals surface area contributed by atoms with Crippen LogP contribution in [0.1, 0.15) is 20.8 Å². The van der Waals surface area contributed by atoms with Gasteiger partial charge in [0.05, 0.1) is 9.21 Å². The number of hydrogen-bond donors (Lipinski definition) is 1. The fraction of sp³-hybridized carbons (Fsp3) is 0.188. The zero-order chi connectivity index (χ0) is 15.2. The Balaban J connectivity index is 2.02. The normalized spacial score (nSPS) is 9.86. The fourth-order valence-electron chi connectivity index (χ4n) is 1.80.